The number of anilines is 1. The van der Waals surface area contributed by atoms with E-state index in [1.807, 2.05) is 48.5 Å². The fourth-order valence-corrected chi connectivity index (χ4v) is 3.44. The second-order valence-electron chi connectivity index (χ2n) is 7.17. The number of carboxylic acid groups (broad SMARTS) is 1. The lowest BCUT2D eigenvalue weighted by atomic mass is 9.96. The molecule has 0 radical (unpaired) electrons. The van der Waals surface area contributed by atoms with Crippen molar-refractivity contribution >= 4 is 23.6 Å². The Hall–Kier alpha value is -3.35. The molecule has 2 aromatic carbocycles. The van der Waals surface area contributed by atoms with Crippen molar-refractivity contribution in [2.24, 2.45) is 5.92 Å². The molecular weight excluding hydrogens is 370 g/mol. The zero-order chi connectivity index (χ0) is 20.6. The third-order valence-electron chi connectivity index (χ3n) is 5.00. The number of nitrogens with zero attached hydrogens (tertiary/aromatic N) is 1. The predicted octanol–water partition coefficient (Wildman–Crippen LogP) is 2.74. The van der Waals surface area contributed by atoms with Crippen molar-refractivity contribution < 1.29 is 19.5 Å². The first-order valence-electron chi connectivity index (χ1n) is 9.71. The molecule has 7 heteroatoms. The Kier molecular flexibility index (Phi) is 6.84. The van der Waals surface area contributed by atoms with Gasteiger partial charge in [0, 0.05) is 25.2 Å². The molecule has 3 amide bonds. The van der Waals surface area contributed by atoms with Gasteiger partial charge in [-0.1, -0.05) is 48.5 Å². The van der Waals surface area contributed by atoms with Crippen LogP contribution in [0.1, 0.15) is 18.4 Å². The van der Waals surface area contributed by atoms with Crippen LogP contribution in [0.5, 0.6) is 0 Å². The lowest BCUT2D eigenvalue weighted by Gasteiger charge is -2.32. The highest BCUT2D eigenvalue weighted by Gasteiger charge is 2.31. The summed E-state index contributed by atoms with van der Waals surface area (Å²) in [6.07, 6.45) is 1.53. The van der Waals surface area contributed by atoms with E-state index in [1.165, 1.54) is 0 Å². The average Bonchev–Trinajstić information content (AvgIpc) is 2.74. The van der Waals surface area contributed by atoms with Gasteiger partial charge < -0.3 is 20.6 Å². The zero-order valence-electron chi connectivity index (χ0n) is 16.1. The largest absolute Gasteiger partial charge is 0.480 e. The van der Waals surface area contributed by atoms with E-state index in [0.29, 0.717) is 25.1 Å². The SMILES string of the molecule is O=C(N[C@H](Cc1ccccc1)C(=O)O)C1CCCN(C(=O)Nc2ccccc2)C1. The normalized spacial score (nSPS) is 17.2. The van der Waals surface area contributed by atoms with Crippen molar-refractivity contribution in [3.8, 4) is 0 Å². The molecule has 3 N–H and O–H groups in total. The summed E-state index contributed by atoms with van der Waals surface area (Å²) in [6, 6.07) is 17.1. The van der Waals surface area contributed by atoms with E-state index < -0.39 is 17.9 Å². The molecule has 152 valence electrons. The minimum atomic E-state index is -1.07. The van der Waals surface area contributed by atoms with Gasteiger partial charge in [-0.2, -0.15) is 0 Å². The van der Waals surface area contributed by atoms with Crippen LogP contribution in [0.2, 0.25) is 0 Å². The number of rotatable bonds is 6. The highest BCUT2D eigenvalue weighted by atomic mass is 16.4. The summed E-state index contributed by atoms with van der Waals surface area (Å²) in [4.78, 5) is 38.4. The standard InChI is InChI=1S/C22H25N3O4/c26-20(24-19(21(27)28)14-16-8-3-1-4-9-16)17-10-7-13-25(15-17)22(29)23-18-11-5-2-6-12-18/h1-6,8-9,11-12,17,19H,7,10,13-15H2,(H,23,29)(H,24,26)(H,27,28)/t17?,19-/m1/s1. The van der Waals surface area contributed by atoms with Crippen LogP contribution in [0.3, 0.4) is 0 Å². The van der Waals surface area contributed by atoms with Crippen molar-refractivity contribution in [3.05, 3.63) is 66.2 Å². The second-order valence-corrected chi connectivity index (χ2v) is 7.17. The molecule has 7 nitrogen and oxygen atoms in total. The van der Waals surface area contributed by atoms with Gasteiger partial charge in [-0.3, -0.25) is 4.79 Å². The fraction of sp³-hybridized carbons (Fsp3) is 0.318. The van der Waals surface area contributed by atoms with Crippen molar-refractivity contribution in [2.75, 3.05) is 18.4 Å². The van der Waals surface area contributed by atoms with E-state index in [2.05, 4.69) is 10.6 Å². The van der Waals surface area contributed by atoms with E-state index in [4.69, 9.17) is 0 Å². The van der Waals surface area contributed by atoms with Crippen LogP contribution >= 0.6 is 0 Å². The molecule has 1 aliphatic heterocycles. The number of amides is 3. The Morgan fingerprint density at radius 3 is 2.34 bits per heavy atom. The number of piperidine rings is 1. The van der Waals surface area contributed by atoms with Gasteiger partial charge in [-0.25, -0.2) is 9.59 Å². The smallest absolute Gasteiger partial charge is 0.326 e. The second kappa shape index (κ2) is 9.73. The summed E-state index contributed by atoms with van der Waals surface area (Å²) in [7, 11) is 0. The van der Waals surface area contributed by atoms with Gasteiger partial charge in [0.15, 0.2) is 0 Å². The number of carboxylic acids is 1. The minimum absolute atomic E-state index is 0.215. The molecule has 0 aliphatic carbocycles. The molecule has 2 atom stereocenters. The van der Waals surface area contributed by atoms with Crippen LogP contribution in [0.15, 0.2) is 60.7 Å². The van der Waals surface area contributed by atoms with Crippen LogP contribution in [-0.2, 0) is 16.0 Å². The molecular formula is C22H25N3O4. The van der Waals surface area contributed by atoms with Gasteiger partial charge in [0.1, 0.15) is 6.04 Å². The molecule has 1 aliphatic rings. The van der Waals surface area contributed by atoms with Gasteiger partial charge >= 0.3 is 12.0 Å². The number of hydrogen-bond acceptors (Lipinski definition) is 3. The van der Waals surface area contributed by atoms with Gasteiger partial charge in [-0.15, -0.1) is 0 Å². The topological polar surface area (TPSA) is 98.7 Å². The van der Waals surface area contributed by atoms with Crippen molar-refractivity contribution in [1.29, 1.82) is 0 Å². The third kappa shape index (κ3) is 5.81. The third-order valence-corrected chi connectivity index (χ3v) is 5.00. The quantitative estimate of drug-likeness (QED) is 0.700. The minimum Gasteiger partial charge on any atom is -0.480 e. The molecule has 1 unspecified atom stereocenters. The number of para-hydroxylation sites is 1. The lowest BCUT2D eigenvalue weighted by molar-refractivity contribution is -0.142. The number of aliphatic carboxylic acids is 1. The number of hydrogen-bond donors (Lipinski definition) is 3. The predicted molar refractivity (Wildman–Crippen MR) is 109 cm³/mol. The Morgan fingerprint density at radius 1 is 1.03 bits per heavy atom. The van der Waals surface area contributed by atoms with E-state index in [1.54, 1.807) is 17.0 Å². The maximum Gasteiger partial charge on any atom is 0.326 e. The summed E-state index contributed by atoms with van der Waals surface area (Å²) < 4.78 is 0. The van der Waals surface area contributed by atoms with Gasteiger partial charge in [0.2, 0.25) is 5.91 Å². The lowest BCUT2D eigenvalue weighted by Crippen LogP contribution is -2.50. The molecule has 3 rings (SSSR count). The molecule has 29 heavy (non-hydrogen) atoms. The van der Waals surface area contributed by atoms with Gasteiger partial charge in [-0.05, 0) is 30.5 Å². The highest BCUT2D eigenvalue weighted by Crippen LogP contribution is 2.18. The van der Waals surface area contributed by atoms with Crippen LogP contribution in [0, 0.1) is 5.92 Å². The van der Waals surface area contributed by atoms with E-state index in [0.717, 1.165) is 5.56 Å². The van der Waals surface area contributed by atoms with Crippen molar-refractivity contribution in [2.45, 2.75) is 25.3 Å². The first-order chi connectivity index (χ1) is 14.0. The number of nitrogens with one attached hydrogen (secondary N) is 2. The monoisotopic (exact) mass is 395 g/mol. The molecule has 1 saturated heterocycles. The Bertz CT molecular complexity index is 842. The first-order valence-corrected chi connectivity index (χ1v) is 9.71. The Balaban J connectivity index is 1.58. The molecule has 2 aromatic rings. The van der Waals surface area contributed by atoms with Crippen LogP contribution in [0.25, 0.3) is 0 Å². The van der Waals surface area contributed by atoms with E-state index in [9.17, 15) is 19.5 Å². The van der Waals surface area contributed by atoms with Crippen LogP contribution in [0.4, 0.5) is 10.5 Å². The molecule has 1 fully saturated rings. The number of urea groups is 1. The van der Waals surface area contributed by atoms with Gasteiger partial charge in [0.05, 0.1) is 5.92 Å². The summed E-state index contributed by atoms with van der Waals surface area (Å²) in [5.41, 5.74) is 1.53. The molecule has 0 spiro atoms. The van der Waals surface area contributed by atoms with Crippen LogP contribution in [-0.4, -0.2) is 47.0 Å². The molecule has 0 aromatic heterocycles. The van der Waals surface area contributed by atoms with Crippen molar-refractivity contribution in [3.63, 3.8) is 0 Å². The van der Waals surface area contributed by atoms with E-state index in [-0.39, 0.29) is 24.9 Å². The van der Waals surface area contributed by atoms with Crippen molar-refractivity contribution in [1.82, 2.24) is 10.2 Å². The Labute approximate surface area is 169 Å². The number of carbonyl (C=O) groups excluding carboxylic acids is 2. The molecule has 0 saturated carbocycles. The summed E-state index contributed by atoms with van der Waals surface area (Å²) in [6.45, 7) is 0.830. The molecule has 0 bridgehead atoms. The summed E-state index contributed by atoms with van der Waals surface area (Å²) >= 11 is 0. The number of likely N-dealkylation sites (tertiary alicyclic amines) is 1. The summed E-state index contributed by atoms with van der Waals surface area (Å²) in [5.74, 6) is -1.83. The highest BCUT2D eigenvalue weighted by molar-refractivity contribution is 5.90. The van der Waals surface area contributed by atoms with E-state index >= 15 is 0 Å². The average molecular weight is 395 g/mol. The zero-order valence-corrected chi connectivity index (χ0v) is 16.1. The fourth-order valence-electron chi connectivity index (χ4n) is 3.44. The maximum atomic E-state index is 12.7. The first kappa shape index (κ1) is 20.4. The Morgan fingerprint density at radius 2 is 1.69 bits per heavy atom. The maximum absolute atomic E-state index is 12.7. The number of benzene rings is 2. The summed E-state index contributed by atoms with van der Waals surface area (Å²) in [5, 5.41) is 15.0. The molecule has 1 heterocycles. The van der Waals surface area contributed by atoms with Crippen LogP contribution < -0.4 is 10.6 Å². The number of carbonyl (C=O) groups is 3. The van der Waals surface area contributed by atoms with Gasteiger partial charge in [0.25, 0.3) is 0 Å².